The molecule has 0 aliphatic carbocycles. The van der Waals surface area contributed by atoms with Gasteiger partial charge in [0.05, 0.1) is 13.2 Å². The Morgan fingerprint density at radius 2 is 1.93 bits per heavy atom. The molecule has 2 aliphatic heterocycles. The molecule has 5 heteroatoms. The fourth-order valence-corrected chi connectivity index (χ4v) is 4.70. The quantitative estimate of drug-likeness (QED) is 0.768. The average Bonchev–Trinajstić information content (AvgIpc) is 3.03. The molecule has 27 heavy (non-hydrogen) atoms. The number of likely N-dealkylation sites (tertiary alicyclic amines) is 2. The maximum atomic E-state index is 13.3. The van der Waals surface area contributed by atoms with Crippen molar-refractivity contribution in [1.29, 1.82) is 0 Å². The van der Waals surface area contributed by atoms with E-state index in [1.165, 1.54) is 12.8 Å². The Morgan fingerprint density at radius 1 is 1.26 bits per heavy atom. The minimum Gasteiger partial charge on any atom is -0.497 e. The number of likely N-dealkylation sites (N-methyl/N-ethyl adjacent to an activating group) is 1. The van der Waals surface area contributed by atoms with Gasteiger partial charge in [0.25, 0.3) is 0 Å². The van der Waals surface area contributed by atoms with Crippen LogP contribution in [0.4, 0.5) is 0 Å². The molecule has 0 radical (unpaired) electrons. The molecule has 2 heterocycles. The van der Waals surface area contributed by atoms with Crippen molar-refractivity contribution in [2.75, 3.05) is 47.4 Å². The van der Waals surface area contributed by atoms with E-state index in [1.54, 1.807) is 7.11 Å². The third-order valence-electron chi connectivity index (χ3n) is 6.40. The Morgan fingerprint density at radius 3 is 2.52 bits per heavy atom. The summed E-state index contributed by atoms with van der Waals surface area (Å²) in [7, 11) is 5.82. The van der Waals surface area contributed by atoms with Crippen LogP contribution in [0, 0.1) is 5.41 Å². The molecule has 1 amide bonds. The second kappa shape index (κ2) is 8.61. The number of hydrogen-bond donors (Lipinski definition) is 0. The normalized spacial score (nSPS) is 22.9. The maximum absolute atomic E-state index is 13.3. The highest BCUT2D eigenvalue weighted by molar-refractivity contribution is 5.82. The SMILES string of the molecule is CCCN1CC2(CCN(C)CC2)C[C@@H]1C(=O)N(C)Cc1ccc(OC)cc1. The lowest BCUT2D eigenvalue weighted by atomic mass is 9.76. The minimum atomic E-state index is 0.0385. The van der Waals surface area contributed by atoms with Gasteiger partial charge in [0.2, 0.25) is 5.91 Å². The van der Waals surface area contributed by atoms with Crippen molar-refractivity contribution in [2.24, 2.45) is 5.41 Å². The standard InChI is InChI=1S/C22H35N3O2/c1-5-12-25-17-22(10-13-23(2)14-11-22)15-20(25)21(26)24(3)16-18-6-8-19(27-4)9-7-18/h6-9,20H,5,10-17H2,1-4H3/t20-/m1/s1. The molecular weight excluding hydrogens is 338 g/mol. The Hall–Kier alpha value is -1.59. The predicted molar refractivity (Wildman–Crippen MR) is 109 cm³/mol. The number of carbonyl (C=O) groups excluding carboxylic acids is 1. The fraction of sp³-hybridized carbons (Fsp3) is 0.682. The summed E-state index contributed by atoms with van der Waals surface area (Å²) in [5.74, 6) is 1.12. The first kappa shape index (κ1) is 20.2. The minimum absolute atomic E-state index is 0.0385. The van der Waals surface area contributed by atoms with E-state index in [4.69, 9.17) is 4.74 Å². The summed E-state index contributed by atoms with van der Waals surface area (Å²) in [5, 5.41) is 0. The zero-order chi connectivity index (χ0) is 19.4. The summed E-state index contributed by atoms with van der Waals surface area (Å²) in [5.41, 5.74) is 1.48. The first-order valence-corrected chi connectivity index (χ1v) is 10.3. The van der Waals surface area contributed by atoms with Crippen LogP contribution in [0.2, 0.25) is 0 Å². The van der Waals surface area contributed by atoms with E-state index in [0.717, 1.165) is 50.3 Å². The summed E-state index contributed by atoms with van der Waals surface area (Å²) in [4.78, 5) is 20.1. The molecule has 0 aromatic heterocycles. The number of carbonyl (C=O) groups is 1. The highest BCUT2D eigenvalue weighted by Crippen LogP contribution is 2.43. The van der Waals surface area contributed by atoms with Crippen molar-refractivity contribution >= 4 is 5.91 Å². The molecule has 5 nitrogen and oxygen atoms in total. The monoisotopic (exact) mass is 373 g/mol. The van der Waals surface area contributed by atoms with Gasteiger partial charge in [-0.05, 0) is 75.5 Å². The largest absolute Gasteiger partial charge is 0.497 e. The summed E-state index contributed by atoms with van der Waals surface area (Å²) in [6.07, 6.45) is 4.56. The first-order valence-electron chi connectivity index (χ1n) is 10.3. The Kier molecular flexibility index (Phi) is 6.43. The lowest BCUT2D eigenvalue weighted by molar-refractivity contribution is -0.135. The number of amides is 1. The number of ether oxygens (including phenoxy) is 1. The molecule has 2 fully saturated rings. The molecule has 0 unspecified atom stereocenters. The fourth-order valence-electron chi connectivity index (χ4n) is 4.70. The molecule has 1 atom stereocenters. The van der Waals surface area contributed by atoms with Gasteiger partial charge in [-0.1, -0.05) is 19.1 Å². The molecule has 150 valence electrons. The summed E-state index contributed by atoms with van der Waals surface area (Å²) >= 11 is 0. The molecule has 0 bridgehead atoms. The number of benzene rings is 1. The van der Waals surface area contributed by atoms with Crippen molar-refractivity contribution in [1.82, 2.24) is 14.7 Å². The second-order valence-corrected chi connectivity index (χ2v) is 8.54. The molecule has 1 aromatic carbocycles. The summed E-state index contributed by atoms with van der Waals surface area (Å²) < 4.78 is 5.22. The molecule has 0 N–H and O–H groups in total. The van der Waals surface area contributed by atoms with Crippen molar-refractivity contribution in [3.63, 3.8) is 0 Å². The van der Waals surface area contributed by atoms with Crippen LogP contribution in [0.3, 0.4) is 0 Å². The van der Waals surface area contributed by atoms with Crippen molar-refractivity contribution in [2.45, 2.75) is 45.2 Å². The topological polar surface area (TPSA) is 36.0 Å². The van der Waals surface area contributed by atoms with Gasteiger partial charge in [0.1, 0.15) is 5.75 Å². The van der Waals surface area contributed by atoms with E-state index in [1.807, 2.05) is 36.2 Å². The third-order valence-corrected chi connectivity index (χ3v) is 6.40. The van der Waals surface area contributed by atoms with Gasteiger partial charge in [-0.3, -0.25) is 9.69 Å². The van der Waals surface area contributed by atoms with E-state index >= 15 is 0 Å². The summed E-state index contributed by atoms with van der Waals surface area (Å²) in [6.45, 7) is 7.27. The van der Waals surface area contributed by atoms with E-state index in [9.17, 15) is 4.79 Å². The van der Waals surface area contributed by atoms with Crippen molar-refractivity contribution < 1.29 is 9.53 Å². The first-order chi connectivity index (χ1) is 13.0. The Balaban J connectivity index is 1.67. The van der Waals surface area contributed by atoms with Crippen LogP contribution in [0.5, 0.6) is 5.75 Å². The Labute approximate surface area is 164 Å². The second-order valence-electron chi connectivity index (χ2n) is 8.54. The highest BCUT2D eigenvalue weighted by Gasteiger charge is 2.47. The third kappa shape index (κ3) is 4.64. The maximum Gasteiger partial charge on any atom is 0.239 e. The van der Waals surface area contributed by atoms with Gasteiger partial charge in [-0.2, -0.15) is 0 Å². The van der Waals surface area contributed by atoms with Crippen LogP contribution < -0.4 is 4.74 Å². The molecule has 1 spiro atoms. The van der Waals surface area contributed by atoms with E-state index in [-0.39, 0.29) is 11.9 Å². The van der Waals surface area contributed by atoms with Crippen LogP contribution in [-0.2, 0) is 11.3 Å². The molecule has 2 aliphatic rings. The lowest BCUT2D eigenvalue weighted by Gasteiger charge is -2.37. The number of rotatable bonds is 6. The van der Waals surface area contributed by atoms with Gasteiger partial charge in [-0.15, -0.1) is 0 Å². The average molecular weight is 374 g/mol. The van der Waals surface area contributed by atoms with Gasteiger partial charge in [-0.25, -0.2) is 0 Å². The lowest BCUT2D eigenvalue weighted by Crippen LogP contribution is -2.44. The van der Waals surface area contributed by atoms with E-state index < -0.39 is 0 Å². The molecule has 1 aromatic rings. The number of hydrogen-bond acceptors (Lipinski definition) is 4. The zero-order valence-corrected chi connectivity index (χ0v) is 17.4. The van der Waals surface area contributed by atoms with Crippen LogP contribution in [0.25, 0.3) is 0 Å². The number of piperidine rings is 1. The molecule has 2 saturated heterocycles. The summed E-state index contributed by atoms with van der Waals surface area (Å²) in [6, 6.07) is 8.04. The van der Waals surface area contributed by atoms with E-state index in [0.29, 0.717) is 12.0 Å². The van der Waals surface area contributed by atoms with Crippen LogP contribution in [-0.4, -0.2) is 74.0 Å². The van der Waals surface area contributed by atoms with Gasteiger partial charge in [0, 0.05) is 20.1 Å². The number of nitrogens with zero attached hydrogens (tertiary/aromatic N) is 3. The van der Waals surface area contributed by atoms with Crippen molar-refractivity contribution in [3.05, 3.63) is 29.8 Å². The zero-order valence-electron chi connectivity index (χ0n) is 17.4. The van der Waals surface area contributed by atoms with Crippen molar-refractivity contribution in [3.8, 4) is 5.75 Å². The number of methoxy groups -OCH3 is 1. The van der Waals surface area contributed by atoms with Gasteiger partial charge >= 0.3 is 0 Å². The van der Waals surface area contributed by atoms with Crippen LogP contribution in [0.15, 0.2) is 24.3 Å². The predicted octanol–water partition coefficient (Wildman–Crippen LogP) is 2.85. The smallest absolute Gasteiger partial charge is 0.239 e. The van der Waals surface area contributed by atoms with Gasteiger partial charge in [0.15, 0.2) is 0 Å². The molecular formula is C22H35N3O2. The van der Waals surface area contributed by atoms with Crippen LogP contribution in [0.1, 0.15) is 38.2 Å². The van der Waals surface area contributed by atoms with E-state index in [2.05, 4.69) is 23.8 Å². The Bertz CT molecular complexity index is 623. The van der Waals surface area contributed by atoms with Gasteiger partial charge < -0.3 is 14.5 Å². The molecule has 3 rings (SSSR count). The molecule has 0 saturated carbocycles. The van der Waals surface area contributed by atoms with Crippen LogP contribution >= 0.6 is 0 Å². The highest BCUT2D eigenvalue weighted by atomic mass is 16.5.